The van der Waals surface area contributed by atoms with Crippen molar-refractivity contribution in [3.63, 3.8) is 0 Å². The third-order valence-corrected chi connectivity index (χ3v) is 2.30. The van der Waals surface area contributed by atoms with Crippen molar-refractivity contribution in [2.24, 2.45) is 5.73 Å². The van der Waals surface area contributed by atoms with Gasteiger partial charge in [-0.25, -0.2) is 4.39 Å². The fourth-order valence-corrected chi connectivity index (χ4v) is 1.31. The van der Waals surface area contributed by atoms with Crippen LogP contribution < -0.4 is 5.73 Å². The molecular formula is C9H7Cl2F6N. The summed E-state index contributed by atoms with van der Waals surface area (Å²) >= 11 is 5.38. The summed E-state index contributed by atoms with van der Waals surface area (Å²) in [4.78, 5) is 0. The van der Waals surface area contributed by atoms with E-state index in [4.69, 9.17) is 17.3 Å². The smallest absolute Gasteiger partial charge is 0.319 e. The van der Waals surface area contributed by atoms with Crippen molar-refractivity contribution in [2.45, 2.75) is 18.1 Å². The van der Waals surface area contributed by atoms with Crippen LogP contribution in [-0.4, -0.2) is 12.1 Å². The molecule has 0 amide bonds. The lowest BCUT2D eigenvalue weighted by atomic mass is 10.0. The Morgan fingerprint density at radius 2 is 1.61 bits per heavy atom. The number of hydrogen-bond donors (Lipinski definition) is 1. The van der Waals surface area contributed by atoms with E-state index in [1.54, 1.807) is 0 Å². The van der Waals surface area contributed by atoms with Crippen molar-refractivity contribution in [2.75, 3.05) is 0 Å². The topological polar surface area (TPSA) is 26.0 Å². The molecule has 2 N–H and O–H groups in total. The lowest BCUT2D eigenvalue weighted by Crippen LogP contribution is -2.46. The zero-order valence-electron chi connectivity index (χ0n) is 8.44. The van der Waals surface area contributed by atoms with E-state index in [2.05, 4.69) is 0 Å². The molecule has 1 nitrogen and oxygen atoms in total. The van der Waals surface area contributed by atoms with Crippen LogP contribution in [-0.2, 0) is 0 Å². The summed E-state index contributed by atoms with van der Waals surface area (Å²) in [6.07, 6.45) is -5.86. The highest BCUT2D eigenvalue weighted by Crippen LogP contribution is 2.44. The van der Waals surface area contributed by atoms with E-state index in [0.29, 0.717) is 12.1 Å². The Bertz CT molecular complexity index is 420. The monoisotopic (exact) mass is 313 g/mol. The third-order valence-electron chi connectivity index (χ3n) is 2.06. The fourth-order valence-electron chi connectivity index (χ4n) is 1.12. The van der Waals surface area contributed by atoms with Gasteiger partial charge in [-0.2, -0.15) is 22.0 Å². The lowest BCUT2D eigenvalue weighted by Gasteiger charge is -2.26. The minimum Gasteiger partial charge on any atom is -0.319 e. The summed E-state index contributed by atoms with van der Waals surface area (Å²) in [6, 6.07) is -0.523. The second-order valence-electron chi connectivity index (χ2n) is 3.26. The van der Waals surface area contributed by atoms with Gasteiger partial charge < -0.3 is 5.73 Å². The first kappa shape index (κ1) is 17.3. The molecule has 0 unspecified atom stereocenters. The van der Waals surface area contributed by atoms with Gasteiger partial charge in [-0.15, -0.1) is 12.4 Å². The van der Waals surface area contributed by atoms with Crippen LogP contribution >= 0.6 is 24.0 Å². The Morgan fingerprint density at radius 1 is 1.11 bits per heavy atom. The molecule has 0 aliphatic rings. The highest BCUT2D eigenvalue weighted by atomic mass is 35.5. The Balaban J connectivity index is 0.00000289. The summed E-state index contributed by atoms with van der Waals surface area (Å²) < 4.78 is 74.9. The highest BCUT2D eigenvalue weighted by Gasteiger charge is 2.62. The zero-order chi connectivity index (χ0) is 13.4. The minimum atomic E-state index is -5.86. The maximum Gasteiger partial charge on any atom is 0.455 e. The van der Waals surface area contributed by atoms with Crippen LogP contribution in [0.15, 0.2) is 18.2 Å². The lowest BCUT2D eigenvalue weighted by molar-refractivity contribution is -0.291. The molecule has 0 heterocycles. The molecule has 0 saturated heterocycles. The predicted molar refractivity (Wildman–Crippen MR) is 56.6 cm³/mol. The van der Waals surface area contributed by atoms with Gasteiger partial charge in [0.25, 0.3) is 0 Å². The number of rotatable bonds is 2. The second-order valence-corrected chi connectivity index (χ2v) is 3.70. The van der Waals surface area contributed by atoms with Gasteiger partial charge in [-0.3, -0.25) is 0 Å². The largest absolute Gasteiger partial charge is 0.455 e. The Labute approximate surface area is 109 Å². The molecule has 18 heavy (non-hydrogen) atoms. The number of halogens is 8. The summed E-state index contributed by atoms with van der Waals surface area (Å²) in [6.45, 7) is 0. The van der Waals surface area contributed by atoms with Gasteiger partial charge in [0.2, 0.25) is 0 Å². The van der Waals surface area contributed by atoms with E-state index in [1.807, 2.05) is 0 Å². The molecule has 9 heteroatoms. The van der Waals surface area contributed by atoms with Crippen LogP contribution in [0.1, 0.15) is 11.6 Å². The number of nitrogens with two attached hydrogens (primary N) is 1. The van der Waals surface area contributed by atoms with Crippen molar-refractivity contribution in [1.82, 2.24) is 0 Å². The predicted octanol–water partition coefficient (Wildman–Crippen LogP) is 4.10. The number of hydrogen-bond acceptors (Lipinski definition) is 1. The summed E-state index contributed by atoms with van der Waals surface area (Å²) in [5.41, 5.74) is 3.77. The third kappa shape index (κ3) is 3.21. The average molecular weight is 314 g/mol. The van der Waals surface area contributed by atoms with Gasteiger partial charge in [0, 0.05) is 10.6 Å². The van der Waals surface area contributed by atoms with Gasteiger partial charge in [0.1, 0.15) is 11.9 Å². The van der Waals surface area contributed by atoms with Crippen LogP contribution in [0.4, 0.5) is 26.3 Å². The molecule has 1 aromatic rings. The van der Waals surface area contributed by atoms with Crippen molar-refractivity contribution < 1.29 is 26.3 Å². The molecule has 104 valence electrons. The van der Waals surface area contributed by atoms with Crippen molar-refractivity contribution in [3.05, 3.63) is 34.6 Å². The van der Waals surface area contributed by atoms with E-state index in [0.717, 1.165) is 6.07 Å². The van der Waals surface area contributed by atoms with E-state index in [-0.39, 0.29) is 17.4 Å². The molecule has 1 atom stereocenters. The quantitative estimate of drug-likeness (QED) is 0.817. The number of alkyl halides is 5. The van der Waals surface area contributed by atoms with E-state index in [1.165, 1.54) is 0 Å². The zero-order valence-corrected chi connectivity index (χ0v) is 10.0. The first-order valence-electron chi connectivity index (χ1n) is 4.22. The van der Waals surface area contributed by atoms with Gasteiger partial charge in [-0.05, 0) is 18.2 Å². The van der Waals surface area contributed by atoms with Crippen LogP contribution in [0.2, 0.25) is 5.02 Å². The Hall–Kier alpha value is -0.660. The SMILES string of the molecule is Cl.N[C@@H](c1cc(Cl)ccc1F)C(F)(F)C(F)(F)F. The van der Waals surface area contributed by atoms with Crippen molar-refractivity contribution in [1.29, 1.82) is 0 Å². The number of benzene rings is 1. The molecular weight excluding hydrogens is 307 g/mol. The maximum absolute atomic E-state index is 13.1. The Morgan fingerprint density at radius 3 is 2.06 bits per heavy atom. The van der Waals surface area contributed by atoms with Gasteiger partial charge in [-0.1, -0.05) is 11.6 Å². The highest BCUT2D eigenvalue weighted by molar-refractivity contribution is 6.30. The molecule has 0 radical (unpaired) electrons. The second kappa shape index (κ2) is 5.54. The molecule has 0 bridgehead atoms. The van der Waals surface area contributed by atoms with Crippen LogP contribution in [0.5, 0.6) is 0 Å². The first-order valence-corrected chi connectivity index (χ1v) is 4.60. The summed E-state index contributed by atoms with van der Waals surface area (Å²) in [5, 5.41) is -0.185. The van der Waals surface area contributed by atoms with Crippen LogP contribution in [0.3, 0.4) is 0 Å². The molecule has 0 saturated carbocycles. The van der Waals surface area contributed by atoms with Crippen LogP contribution in [0, 0.1) is 5.82 Å². The molecule has 1 rings (SSSR count). The molecule has 0 fully saturated rings. The normalized spacial score (nSPS) is 14.0. The first-order chi connectivity index (χ1) is 7.57. The Kier molecular flexibility index (Phi) is 5.34. The van der Waals surface area contributed by atoms with Gasteiger partial charge >= 0.3 is 12.1 Å². The standard InChI is InChI=1S/C9H6ClF6N.ClH/c10-4-1-2-6(11)5(3-4)7(17)8(12,13)9(14,15)16;/h1-3,7H,17H2;1H/t7-;/m0./s1. The van der Waals surface area contributed by atoms with E-state index >= 15 is 0 Å². The maximum atomic E-state index is 13.1. The van der Waals surface area contributed by atoms with Gasteiger partial charge in [0.05, 0.1) is 0 Å². The minimum absolute atomic E-state index is 0. The van der Waals surface area contributed by atoms with E-state index in [9.17, 15) is 26.3 Å². The van der Waals surface area contributed by atoms with E-state index < -0.39 is 29.5 Å². The van der Waals surface area contributed by atoms with Crippen LogP contribution in [0.25, 0.3) is 0 Å². The summed E-state index contributed by atoms with van der Waals surface area (Å²) in [5.74, 6) is -6.51. The average Bonchev–Trinajstić information content (AvgIpc) is 2.19. The van der Waals surface area contributed by atoms with Gasteiger partial charge in [0.15, 0.2) is 0 Å². The fraction of sp³-hybridized carbons (Fsp3) is 0.333. The molecule has 0 aliphatic carbocycles. The van der Waals surface area contributed by atoms with Crippen molar-refractivity contribution in [3.8, 4) is 0 Å². The molecule has 0 aromatic heterocycles. The molecule has 0 spiro atoms. The summed E-state index contributed by atoms with van der Waals surface area (Å²) in [7, 11) is 0. The van der Waals surface area contributed by atoms with Crippen molar-refractivity contribution >= 4 is 24.0 Å². The molecule has 1 aromatic carbocycles. The molecule has 0 aliphatic heterocycles.